The number of pyridine rings is 2. The van der Waals surface area contributed by atoms with Gasteiger partial charge in [0.1, 0.15) is 17.0 Å². The van der Waals surface area contributed by atoms with Gasteiger partial charge in [0.2, 0.25) is 0 Å². The number of nitrogens with zero attached hydrogens (tertiary/aromatic N) is 8. The van der Waals surface area contributed by atoms with Crippen LogP contribution in [0.2, 0.25) is 0 Å². The number of alkyl halides is 3. The molecule has 1 saturated heterocycles. The van der Waals surface area contributed by atoms with Gasteiger partial charge in [0.15, 0.2) is 11.5 Å². The van der Waals surface area contributed by atoms with E-state index < -0.39 is 17.7 Å². The average Bonchev–Trinajstić information content (AvgIpc) is 3.80. The number of anilines is 2. The van der Waals surface area contributed by atoms with Crippen LogP contribution < -0.4 is 9.80 Å². The zero-order valence-corrected chi connectivity index (χ0v) is 28.4. The van der Waals surface area contributed by atoms with Gasteiger partial charge >= 0.3 is 12.1 Å². The van der Waals surface area contributed by atoms with Crippen molar-refractivity contribution in [2.24, 2.45) is 5.41 Å². The lowest BCUT2D eigenvalue weighted by Crippen LogP contribution is -2.52. The minimum atomic E-state index is -4.54. The van der Waals surface area contributed by atoms with E-state index in [-0.39, 0.29) is 35.1 Å². The Balaban J connectivity index is 1.33. The Hall–Kier alpha value is -4.37. The SMILES string of the molecule is COCC(C)(C)CN(C)c1cc(-c2cnc(C3CC3)c(C(F)(F)F)c2)nc2nc(-c3cnc(N4CCN(CCC(=O)O)[C@@H](C)C4)cn3)[nH]c12. The van der Waals surface area contributed by atoms with Crippen molar-refractivity contribution in [3.8, 4) is 22.8 Å². The number of imidazole rings is 1. The molecule has 1 aliphatic carbocycles. The van der Waals surface area contributed by atoms with E-state index in [1.165, 1.54) is 6.20 Å². The first-order valence-corrected chi connectivity index (χ1v) is 16.4. The van der Waals surface area contributed by atoms with E-state index in [2.05, 4.69) is 50.5 Å². The maximum absolute atomic E-state index is 14.1. The molecule has 6 rings (SSSR count). The third-order valence-corrected chi connectivity index (χ3v) is 9.12. The number of aromatic nitrogens is 6. The van der Waals surface area contributed by atoms with Gasteiger partial charge in [-0.2, -0.15) is 13.2 Å². The number of fused-ring (bicyclic) bond motifs is 1. The van der Waals surface area contributed by atoms with Crippen LogP contribution in [0.15, 0.2) is 30.7 Å². The maximum atomic E-state index is 14.1. The number of methoxy groups -OCH3 is 1. The van der Waals surface area contributed by atoms with Crippen LogP contribution in [0, 0.1) is 5.41 Å². The van der Waals surface area contributed by atoms with Crippen LogP contribution in [0.4, 0.5) is 24.7 Å². The molecule has 0 amide bonds. The largest absolute Gasteiger partial charge is 0.481 e. The fourth-order valence-corrected chi connectivity index (χ4v) is 6.61. The quantitative estimate of drug-likeness (QED) is 0.197. The topological polar surface area (TPSA) is 136 Å². The van der Waals surface area contributed by atoms with Crippen LogP contribution in [0.3, 0.4) is 0 Å². The summed E-state index contributed by atoms with van der Waals surface area (Å²) in [6, 6.07) is 3.08. The molecule has 12 nitrogen and oxygen atoms in total. The van der Waals surface area contributed by atoms with E-state index in [1.54, 1.807) is 25.6 Å². The molecule has 0 bridgehead atoms. The van der Waals surface area contributed by atoms with Crippen LogP contribution in [-0.4, -0.2) is 105 Å². The molecule has 15 heteroatoms. The summed E-state index contributed by atoms with van der Waals surface area (Å²) in [7, 11) is 3.57. The van der Waals surface area contributed by atoms with Crippen molar-refractivity contribution < 1.29 is 27.8 Å². The van der Waals surface area contributed by atoms with E-state index >= 15 is 0 Å². The first kappa shape index (κ1) is 34.5. The van der Waals surface area contributed by atoms with Gasteiger partial charge < -0.3 is 24.6 Å². The van der Waals surface area contributed by atoms with Crippen molar-refractivity contribution in [3.63, 3.8) is 0 Å². The number of carboxylic acid groups (broad SMARTS) is 1. The standard InChI is InChI=1S/C34H42F3N9O3/c1-20-17-46(11-10-45(20)9-8-28(47)48)27-16-38-25(15-39-27)31-42-30-26(44(4)18-33(2,3)19-49-5)13-24(41-32(30)43-31)22-12-23(34(35,36)37)29(40-14-22)21-6-7-21/h12-16,20-21H,6-11,17-19H2,1-5H3,(H,47,48)(H,41,42,43)/t20-/m0/s1. The molecule has 1 aliphatic heterocycles. The smallest absolute Gasteiger partial charge is 0.418 e. The molecule has 1 atom stereocenters. The highest BCUT2D eigenvalue weighted by Gasteiger charge is 2.40. The first-order chi connectivity index (χ1) is 23.2. The Labute approximate surface area is 282 Å². The summed E-state index contributed by atoms with van der Waals surface area (Å²) in [6.45, 7) is 9.91. The summed E-state index contributed by atoms with van der Waals surface area (Å²) in [5.74, 6) is 0.156. The zero-order chi connectivity index (χ0) is 35.1. The van der Waals surface area contributed by atoms with Crippen molar-refractivity contribution in [1.29, 1.82) is 0 Å². The molecule has 49 heavy (non-hydrogen) atoms. The van der Waals surface area contributed by atoms with E-state index in [1.807, 2.05) is 11.9 Å². The second kappa shape index (κ2) is 13.5. The number of hydrogen-bond donors (Lipinski definition) is 2. The van der Waals surface area contributed by atoms with Gasteiger partial charge in [0, 0.05) is 76.0 Å². The molecule has 2 fully saturated rings. The van der Waals surface area contributed by atoms with Gasteiger partial charge in [-0.15, -0.1) is 0 Å². The summed E-state index contributed by atoms with van der Waals surface area (Å²) >= 11 is 0. The number of hydrogen-bond acceptors (Lipinski definition) is 10. The number of halogens is 3. The van der Waals surface area contributed by atoms with Crippen LogP contribution in [-0.2, 0) is 15.7 Å². The van der Waals surface area contributed by atoms with Crippen LogP contribution in [0.1, 0.15) is 57.2 Å². The van der Waals surface area contributed by atoms with E-state index in [4.69, 9.17) is 19.8 Å². The number of aliphatic carboxylic acids is 1. The number of carbonyl (C=O) groups is 1. The molecule has 0 radical (unpaired) electrons. The van der Waals surface area contributed by atoms with Crippen molar-refractivity contribution in [2.75, 3.05) is 63.3 Å². The minimum Gasteiger partial charge on any atom is -0.481 e. The summed E-state index contributed by atoms with van der Waals surface area (Å²) in [5.41, 5.74) is 1.86. The van der Waals surface area contributed by atoms with E-state index in [0.29, 0.717) is 85.5 Å². The number of H-pyrrole nitrogens is 1. The molecule has 2 aliphatic rings. The zero-order valence-electron chi connectivity index (χ0n) is 28.4. The predicted octanol–water partition coefficient (Wildman–Crippen LogP) is 5.47. The third kappa shape index (κ3) is 7.77. The fourth-order valence-electron chi connectivity index (χ4n) is 6.61. The second-order valence-corrected chi connectivity index (χ2v) is 13.9. The van der Waals surface area contributed by atoms with Crippen LogP contribution >= 0.6 is 0 Å². The number of piperazine rings is 1. The molecule has 0 spiro atoms. The lowest BCUT2D eigenvalue weighted by molar-refractivity contribution is -0.139. The monoisotopic (exact) mass is 681 g/mol. The third-order valence-electron chi connectivity index (χ3n) is 9.12. The van der Waals surface area contributed by atoms with Gasteiger partial charge in [-0.3, -0.25) is 14.7 Å². The molecule has 0 unspecified atom stereocenters. The molecule has 0 aromatic carbocycles. The van der Waals surface area contributed by atoms with Crippen molar-refractivity contribution >= 4 is 28.6 Å². The summed E-state index contributed by atoms with van der Waals surface area (Å²) in [6.07, 6.45) is 1.77. The Bertz CT molecular complexity index is 1810. The lowest BCUT2D eigenvalue weighted by atomic mass is 9.94. The van der Waals surface area contributed by atoms with Crippen molar-refractivity contribution in [3.05, 3.63) is 42.0 Å². The van der Waals surface area contributed by atoms with Crippen molar-refractivity contribution in [1.82, 2.24) is 34.8 Å². The Morgan fingerprint density at radius 2 is 1.86 bits per heavy atom. The maximum Gasteiger partial charge on any atom is 0.418 e. The van der Waals surface area contributed by atoms with Gasteiger partial charge in [0.25, 0.3) is 0 Å². The highest BCUT2D eigenvalue weighted by molar-refractivity contribution is 5.91. The Kier molecular flexibility index (Phi) is 9.50. The molecule has 2 N–H and O–H groups in total. The number of rotatable bonds is 12. The lowest BCUT2D eigenvalue weighted by Gasteiger charge is -2.40. The van der Waals surface area contributed by atoms with Crippen LogP contribution in [0.25, 0.3) is 33.9 Å². The van der Waals surface area contributed by atoms with Gasteiger partial charge in [-0.1, -0.05) is 13.8 Å². The normalized spacial score (nSPS) is 17.6. The molecule has 262 valence electrons. The number of nitrogens with one attached hydrogen (secondary N) is 1. The van der Waals surface area contributed by atoms with Gasteiger partial charge in [-0.05, 0) is 31.9 Å². The highest BCUT2D eigenvalue weighted by Crippen LogP contribution is 2.46. The van der Waals surface area contributed by atoms with Crippen molar-refractivity contribution in [2.45, 2.75) is 58.2 Å². The summed E-state index contributed by atoms with van der Waals surface area (Å²) < 4.78 is 47.9. The van der Waals surface area contributed by atoms with Gasteiger partial charge in [0.05, 0.1) is 48.1 Å². The highest BCUT2D eigenvalue weighted by atomic mass is 19.4. The van der Waals surface area contributed by atoms with E-state index in [9.17, 15) is 18.0 Å². The molecular weight excluding hydrogens is 639 g/mol. The molecule has 1 saturated carbocycles. The predicted molar refractivity (Wildman–Crippen MR) is 180 cm³/mol. The number of aromatic amines is 1. The molecule has 5 heterocycles. The number of carboxylic acids is 1. The summed E-state index contributed by atoms with van der Waals surface area (Å²) in [4.78, 5) is 43.7. The average molecular weight is 682 g/mol. The molecule has 4 aromatic heterocycles. The summed E-state index contributed by atoms with van der Waals surface area (Å²) in [5, 5.41) is 9.05. The molecular formula is C34H42F3N9O3. The molecule has 4 aromatic rings. The second-order valence-electron chi connectivity index (χ2n) is 13.9. The Morgan fingerprint density at radius 3 is 2.49 bits per heavy atom. The minimum absolute atomic E-state index is 0.0922. The van der Waals surface area contributed by atoms with E-state index in [0.717, 1.165) is 12.6 Å². The Morgan fingerprint density at radius 1 is 1.08 bits per heavy atom. The first-order valence-electron chi connectivity index (χ1n) is 16.4. The van der Waals surface area contributed by atoms with Gasteiger partial charge in [-0.25, -0.2) is 19.9 Å². The van der Waals surface area contributed by atoms with Crippen LogP contribution in [0.5, 0.6) is 0 Å². The number of ether oxygens (including phenoxy) is 1. The fraction of sp³-hybridized carbons (Fsp3) is 0.529.